The second-order valence-corrected chi connectivity index (χ2v) is 6.67. The summed E-state index contributed by atoms with van der Waals surface area (Å²) in [5, 5.41) is 23.2. The molecule has 2 aliphatic rings. The number of nitrogens with one attached hydrogen (secondary N) is 2. The Morgan fingerprint density at radius 3 is 2.96 bits per heavy atom. The minimum Gasteiger partial charge on any atom is -0.465 e. The van der Waals surface area contributed by atoms with E-state index in [1.807, 2.05) is 12.1 Å². The summed E-state index contributed by atoms with van der Waals surface area (Å²) in [7, 11) is 0. The van der Waals surface area contributed by atoms with E-state index >= 15 is 0 Å². The standard InChI is InChI=1S/C18H20N4O2/c19-9-11-5-6-15(20-12-7-8-22(10-12)18(23)24)16-13-3-1-2-4-14(13)21-17(11)16/h5-6,12,20-21H,1-4,7-8,10H2,(H,23,24)/t12-/m0/s1. The number of hydrogen-bond donors (Lipinski definition) is 3. The summed E-state index contributed by atoms with van der Waals surface area (Å²) in [6, 6.07) is 6.20. The molecule has 1 amide bonds. The number of aromatic amines is 1. The average molecular weight is 324 g/mol. The van der Waals surface area contributed by atoms with Crippen molar-refractivity contribution in [3.63, 3.8) is 0 Å². The lowest BCUT2D eigenvalue weighted by Gasteiger charge is -2.17. The van der Waals surface area contributed by atoms with E-state index in [9.17, 15) is 10.1 Å². The van der Waals surface area contributed by atoms with Gasteiger partial charge in [-0.15, -0.1) is 0 Å². The molecule has 2 aromatic rings. The zero-order valence-corrected chi connectivity index (χ0v) is 13.4. The molecule has 2 heterocycles. The van der Waals surface area contributed by atoms with E-state index < -0.39 is 6.09 Å². The van der Waals surface area contributed by atoms with Gasteiger partial charge in [-0.25, -0.2) is 4.79 Å². The molecule has 1 aromatic heterocycles. The van der Waals surface area contributed by atoms with Gasteiger partial charge in [0.15, 0.2) is 0 Å². The van der Waals surface area contributed by atoms with Crippen LogP contribution in [0.25, 0.3) is 10.9 Å². The molecule has 6 nitrogen and oxygen atoms in total. The number of aryl methyl sites for hydroxylation is 2. The van der Waals surface area contributed by atoms with Crippen LogP contribution in [0.2, 0.25) is 0 Å². The lowest BCUT2D eigenvalue weighted by Crippen LogP contribution is -2.30. The molecule has 1 saturated heterocycles. The first-order valence-corrected chi connectivity index (χ1v) is 8.48. The first kappa shape index (κ1) is 14.9. The van der Waals surface area contributed by atoms with Crippen LogP contribution in [-0.4, -0.2) is 40.2 Å². The third-order valence-electron chi connectivity index (χ3n) is 5.19. The zero-order valence-electron chi connectivity index (χ0n) is 13.4. The van der Waals surface area contributed by atoms with Gasteiger partial charge < -0.3 is 20.3 Å². The highest BCUT2D eigenvalue weighted by Crippen LogP contribution is 2.36. The third-order valence-corrected chi connectivity index (χ3v) is 5.19. The normalized spacial score (nSPS) is 20.0. The Labute approximate surface area is 140 Å². The summed E-state index contributed by atoms with van der Waals surface area (Å²) >= 11 is 0. The molecule has 0 unspecified atom stereocenters. The first-order chi connectivity index (χ1) is 11.7. The van der Waals surface area contributed by atoms with Gasteiger partial charge in [0.1, 0.15) is 6.07 Å². The molecule has 1 atom stereocenters. The molecule has 124 valence electrons. The second kappa shape index (κ2) is 5.75. The number of fused-ring (bicyclic) bond motifs is 3. The number of aromatic nitrogens is 1. The van der Waals surface area contributed by atoms with Crippen molar-refractivity contribution in [2.75, 3.05) is 18.4 Å². The summed E-state index contributed by atoms with van der Waals surface area (Å²) < 4.78 is 0. The van der Waals surface area contributed by atoms with Gasteiger partial charge in [0, 0.05) is 35.9 Å². The molecule has 6 heteroatoms. The van der Waals surface area contributed by atoms with Crippen molar-refractivity contribution in [3.8, 4) is 6.07 Å². The monoisotopic (exact) mass is 324 g/mol. The van der Waals surface area contributed by atoms with Crippen LogP contribution in [0, 0.1) is 11.3 Å². The van der Waals surface area contributed by atoms with Gasteiger partial charge in [-0.2, -0.15) is 5.26 Å². The maximum absolute atomic E-state index is 11.1. The van der Waals surface area contributed by atoms with E-state index in [1.165, 1.54) is 29.0 Å². The smallest absolute Gasteiger partial charge is 0.407 e. The summed E-state index contributed by atoms with van der Waals surface area (Å²) in [5.74, 6) is 0. The van der Waals surface area contributed by atoms with E-state index in [1.54, 1.807) is 0 Å². The zero-order chi connectivity index (χ0) is 16.7. The number of likely N-dealkylation sites (tertiary alicyclic amines) is 1. The minimum atomic E-state index is -0.858. The number of H-pyrrole nitrogens is 1. The van der Waals surface area contributed by atoms with Gasteiger partial charge in [-0.1, -0.05) is 0 Å². The molecular formula is C18H20N4O2. The van der Waals surface area contributed by atoms with Crippen LogP contribution in [0.15, 0.2) is 12.1 Å². The largest absolute Gasteiger partial charge is 0.465 e. The Bertz CT molecular complexity index is 849. The topological polar surface area (TPSA) is 92.2 Å². The maximum atomic E-state index is 11.1. The highest BCUT2D eigenvalue weighted by Gasteiger charge is 2.27. The van der Waals surface area contributed by atoms with Crippen molar-refractivity contribution in [2.24, 2.45) is 0 Å². The van der Waals surface area contributed by atoms with Crippen LogP contribution in [-0.2, 0) is 12.8 Å². The van der Waals surface area contributed by atoms with Crippen LogP contribution in [0.3, 0.4) is 0 Å². The molecule has 1 aromatic carbocycles. The molecule has 1 aliphatic carbocycles. The lowest BCUT2D eigenvalue weighted by molar-refractivity contribution is 0.155. The molecule has 0 bridgehead atoms. The van der Waals surface area contributed by atoms with Crippen molar-refractivity contribution in [1.82, 2.24) is 9.88 Å². The fourth-order valence-electron chi connectivity index (χ4n) is 4.00. The molecule has 4 rings (SSSR count). The number of carboxylic acid groups (broad SMARTS) is 1. The number of rotatable bonds is 2. The van der Waals surface area contributed by atoms with Crippen molar-refractivity contribution in [2.45, 2.75) is 38.1 Å². The van der Waals surface area contributed by atoms with E-state index in [0.717, 1.165) is 35.9 Å². The van der Waals surface area contributed by atoms with Crippen LogP contribution in [0.1, 0.15) is 36.1 Å². The van der Waals surface area contributed by atoms with Crippen LogP contribution in [0.4, 0.5) is 10.5 Å². The average Bonchev–Trinajstić information content (AvgIpc) is 3.19. The van der Waals surface area contributed by atoms with Gasteiger partial charge in [0.25, 0.3) is 0 Å². The molecule has 3 N–H and O–H groups in total. The molecule has 0 spiro atoms. The second-order valence-electron chi connectivity index (χ2n) is 6.67. The Balaban J connectivity index is 1.72. The van der Waals surface area contributed by atoms with Crippen LogP contribution >= 0.6 is 0 Å². The minimum absolute atomic E-state index is 0.117. The Morgan fingerprint density at radius 1 is 1.38 bits per heavy atom. The van der Waals surface area contributed by atoms with E-state index in [-0.39, 0.29) is 6.04 Å². The Morgan fingerprint density at radius 2 is 2.21 bits per heavy atom. The SMILES string of the molecule is N#Cc1ccc(N[C@H]2CCN(C(=O)O)C2)c2c3c([nH]c12)CCCC3. The number of benzene rings is 1. The number of amides is 1. The van der Waals surface area contributed by atoms with Gasteiger partial charge in [-0.3, -0.25) is 0 Å². The highest BCUT2D eigenvalue weighted by molar-refractivity contribution is 5.99. The molecule has 1 fully saturated rings. The molecule has 0 saturated carbocycles. The number of hydrogen-bond acceptors (Lipinski definition) is 3. The fraction of sp³-hybridized carbons (Fsp3) is 0.444. The first-order valence-electron chi connectivity index (χ1n) is 8.48. The van der Waals surface area contributed by atoms with E-state index in [2.05, 4.69) is 16.4 Å². The van der Waals surface area contributed by atoms with Gasteiger partial charge in [0.2, 0.25) is 0 Å². The Kier molecular flexibility index (Phi) is 3.57. The Hall–Kier alpha value is -2.68. The van der Waals surface area contributed by atoms with Gasteiger partial charge >= 0.3 is 6.09 Å². The van der Waals surface area contributed by atoms with Gasteiger partial charge in [0.05, 0.1) is 11.1 Å². The predicted octanol–water partition coefficient (Wildman–Crippen LogP) is 3.08. The van der Waals surface area contributed by atoms with Crippen molar-refractivity contribution < 1.29 is 9.90 Å². The summed E-state index contributed by atoms with van der Waals surface area (Å²) in [4.78, 5) is 16.0. The maximum Gasteiger partial charge on any atom is 0.407 e. The molecule has 0 radical (unpaired) electrons. The van der Waals surface area contributed by atoms with Gasteiger partial charge in [-0.05, 0) is 49.8 Å². The van der Waals surface area contributed by atoms with E-state index in [4.69, 9.17) is 5.11 Å². The number of carbonyl (C=O) groups is 1. The summed E-state index contributed by atoms with van der Waals surface area (Å²) in [5.41, 5.74) is 5.18. The van der Waals surface area contributed by atoms with Crippen LogP contribution < -0.4 is 5.32 Å². The quantitative estimate of drug-likeness (QED) is 0.791. The summed E-state index contributed by atoms with van der Waals surface area (Å²) in [6.07, 6.45) is 4.37. The van der Waals surface area contributed by atoms with Crippen LogP contribution in [0.5, 0.6) is 0 Å². The summed E-state index contributed by atoms with van der Waals surface area (Å²) in [6.45, 7) is 1.07. The van der Waals surface area contributed by atoms with Crippen molar-refractivity contribution >= 4 is 22.7 Å². The fourth-order valence-corrected chi connectivity index (χ4v) is 4.00. The highest BCUT2D eigenvalue weighted by atomic mass is 16.4. The predicted molar refractivity (Wildman–Crippen MR) is 91.3 cm³/mol. The number of nitriles is 1. The molecular weight excluding hydrogens is 304 g/mol. The van der Waals surface area contributed by atoms with E-state index in [0.29, 0.717) is 18.7 Å². The number of anilines is 1. The third kappa shape index (κ3) is 2.37. The van der Waals surface area contributed by atoms with Crippen molar-refractivity contribution in [3.05, 3.63) is 29.0 Å². The molecule has 24 heavy (non-hydrogen) atoms. The molecule has 1 aliphatic heterocycles. The van der Waals surface area contributed by atoms with Crippen molar-refractivity contribution in [1.29, 1.82) is 5.26 Å². The lowest BCUT2D eigenvalue weighted by atomic mass is 9.94. The number of nitrogens with zero attached hydrogens (tertiary/aromatic N) is 2.